The van der Waals surface area contributed by atoms with Gasteiger partial charge in [-0.1, -0.05) is 36.4 Å². The number of amides is 1. The number of para-hydroxylation sites is 1. The second-order valence-electron chi connectivity index (χ2n) is 7.59. The Labute approximate surface area is 177 Å². The van der Waals surface area contributed by atoms with Crippen LogP contribution in [0.15, 0.2) is 59.4 Å². The molecule has 1 aliphatic heterocycles. The van der Waals surface area contributed by atoms with Crippen molar-refractivity contribution in [3.63, 3.8) is 0 Å². The lowest BCUT2D eigenvalue weighted by Crippen LogP contribution is -2.42. The number of ketones is 1. The van der Waals surface area contributed by atoms with Crippen molar-refractivity contribution in [2.24, 2.45) is 0 Å². The molecule has 5 rings (SSSR count). The monoisotopic (exact) mass is 416 g/mol. The molecule has 1 aliphatic carbocycles. The molecule has 2 heterocycles. The van der Waals surface area contributed by atoms with E-state index in [2.05, 4.69) is 0 Å². The molecule has 0 spiro atoms. The SMILES string of the molecule is O=C1C(c2cc(=O)c3ccccc3n2CC(=O)N2CCOCC2)=C(O)c2ccccc21. The van der Waals surface area contributed by atoms with Crippen molar-refractivity contribution in [3.8, 4) is 0 Å². The van der Waals surface area contributed by atoms with E-state index >= 15 is 0 Å². The number of carbonyl (C=O) groups excluding carboxylic acids is 2. The third-order valence-corrected chi connectivity index (χ3v) is 5.82. The van der Waals surface area contributed by atoms with Gasteiger partial charge in [0, 0.05) is 35.7 Å². The molecule has 31 heavy (non-hydrogen) atoms. The zero-order chi connectivity index (χ0) is 21.5. The van der Waals surface area contributed by atoms with Crippen LogP contribution in [0, 0.1) is 0 Å². The summed E-state index contributed by atoms with van der Waals surface area (Å²) in [6, 6.07) is 15.1. The Balaban J connectivity index is 1.69. The van der Waals surface area contributed by atoms with Crippen molar-refractivity contribution in [2.45, 2.75) is 6.54 Å². The molecular formula is C24H20N2O5. The van der Waals surface area contributed by atoms with E-state index in [0.717, 1.165) is 0 Å². The molecule has 0 atom stereocenters. The molecule has 3 aromatic rings. The lowest BCUT2D eigenvalue weighted by molar-refractivity contribution is -0.135. The quantitative estimate of drug-likeness (QED) is 0.709. The number of morpholine rings is 1. The van der Waals surface area contributed by atoms with Crippen LogP contribution in [0.25, 0.3) is 22.2 Å². The van der Waals surface area contributed by atoms with Gasteiger partial charge in [0.15, 0.2) is 11.2 Å². The molecule has 0 radical (unpaired) electrons. The number of Topliss-reactive ketones (excluding diaryl/α,β-unsaturated/α-hetero) is 1. The summed E-state index contributed by atoms with van der Waals surface area (Å²) in [6.45, 7) is 1.87. The molecule has 1 amide bonds. The molecule has 1 saturated heterocycles. The maximum absolute atomic E-state index is 13.1. The van der Waals surface area contributed by atoms with Crippen LogP contribution < -0.4 is 5.43 Å². The molecule has 1 N–H and O–H groups in total. The molecule has 0 saturated carbocycles. The average molecular weight is 416 g/mol. The molecule has 2 aliphatic rings. The molecule has 7 nitrogen and oxygen atoms in total. The van der Waals surface area contributed by atoms with E-state index in [4.69, 9.17) is 4.74 Å². The van der Waals surface area contributed by atoms with Crippen LogP contribution in [0.1, 0.15) is 21.6 Å². The zero-order valence-electron chi connectivity index (χ0n) is 16.7. The normalized spacial score (nSPS) is 16.1. The number of pyridine rings is 1. The molecule has 7 heteroatoms. The molecule has 156 valence electrons. The Bertz CT molecular complexity index is 1320. The summed E-state index contributed by atoms with van der Waals surface area (Å²) in [5.74, 6) is -0.681. The van der Waals surface area contributed by atoms with E-state index in [0.29, 0.717) is 48.3 Å². The van der Waals surface area contributed by atoms with Crippen molar-refractivity contribution in [3.05, 3.63) is 81.6 Å². The van der Waals surface area contributed by atoms with Crippen molar-refractivity contribution in [2.75, 3.05) is 26.3 Å². The van der Waals surface area contributed by atoms with Crippen LogP contribution in [-0.2, 0) is 16.1 Å². The number of fused-ring (bicyclic) bond motifs is 2. The van der Waals surface area contributed by atoms with E-state index in [1.807, 2.05) is 0 Å². The molecule has 1 fully saturated rings. The van der Waals surface area contributed by atoms with E-state index in [1.165, 1.54) is 6.07 Å². The number of benzene rings is 2. The highest BCUT2D eigenvalue weighted by atomic mass is 16.5. The summed E-state index contributed by atoms with van der Waals surface area (Å²) in [5, 5.41) is 11.3. The van der Waals surface area contributed by atoms with E-state index in [1.54, 1.807) is 58.0 Å². The van der Waals surface area contributed by atoms with Crippen LogP contribution in [0.4, 0.5) is 0 Å². The van der Waals surface area contributed by atoms with Gasteiger partial charge in [0.25, 0.3) is 0 Å². The fourth-order valence-corrected chi connectivity index (χ4v) is 4.25. The fraction of sp³-hybridized carbons (Fsp3) is 0.208. The van der Waals surface area contributed by atoms with Crippen molar-refractivity contribution in [1.29, 1.82) is 0 Å². The van der Waals surface area contributed by atoms with Crippen LogP contribution in [0.3, 0.4) is 0 Å². The summed E-state index contributed by atoms with van der Waals surface area (Å²) in [6.07, 6.45) is 0. The average Bonchev–Trinajstić information content (AvgIpc) is 3.06. The first-order valence-electron chi connectivity index (χ1n) is 10.1. The largest absolute Gasteiger partial charge is 0.506 e. The standard InChI is InChI=1S/C24H20N2O5/c27-20-13-19(22-23(29)15-5-1-2-6-16(15)24(22)30)26(18-8-4-3-7-17(18)20)14-21(28)25-9-11-31-12-10-25/h1-8,13,29H,9-12,14H2. The maximum Gasteiger partial charge on any atom is 0.242 e. The van der Waals surface area contributed by atoms with Crippen LogP contribution in [-0.4, -0.2) is 52.6 Å². The first kappa shape index (κ1) is 19.3. The summed E-state index contributed by atoms with van der Waals surface area (Å²) >= 11 is 0. The number of carbonyl (C=O) groups is 2. The Kier molecular flexibility index (Phi) is 4.67. The van der Waals surface area contributed by atoms with Gasteiger partial charge in [-0.05, 0) is 12.1 Å². The van der Waals surface area contributed by atoms with Gasteiger partial charge in [0.2, 0.25) is 5.91 Å². The minimum atomic E-state index is -0.365. The van der Waals surface area contributed by atoms with Crippen LogP contribution >= 0.6 is 0 Å². The highest BCUT2D eigenvalue weighted by Crippen LogP contribution is 2.37. The van der Waals surface area contributed by atoms with Crippen molar-refractivity contribution < 1.29 is 19.4 Å². The van der Waals surface area contributed by atoms with E-state index in [9.17, 15) is 19.5 Å². The minimum absolute atomic E-state index is 0.0406. The predicted molar refractivity (Wildman–Crippen MR) is 116 cm³/mol. The number of ether oxygens (including phenoxy) is 1. The highest BCUT2D eigenvalue weighted by molar-refractivity contribution is 6.38. The summed E-state index contributed by atoms with van der Waals surface area (Å²) < 4.78 is 6.98. The Morgan fingerprint density at radius 2 is 1.65 bits per heavy atom. The smallest absolute Gasteiger partial charge is 0.242 e. The van der Waals surface area contributed by atoms with Gasteiger partial charge in [-0.2, -0.15) is 0 Å². The lowest BCUT2D eigenvalue weighted by atomic mass is 10.0. The van der Waals surface area contributed by atoms with Crippen molar-refractivity contribution in [1.82, 2.24) is 9.47 Å². The number of allylic oxidation sites excluding steroid dienone is 1. The first-order valence-corrected chi connectivity index (χ1v) is 10.1. The van der Waals surface area contributed by atoms with Crippen molar-refractivity contribution >= 4 is 33.9 Å². The van der Waals surface area contributed by atoms with Crippen LogP contribution in [0.2, 0.25) is 0 Å². The molecular weight excluding hydrogens is 396 g/mol. The lowest BCUT2D eigenvalue weighted by Gasteiger charge is -2.28. The van der Waals surface area contributed by atoms with Gasteiger partial charge in [0.05, 0.1) is 30.0 Å². The van der Waals surface area contributed by atoms with Crippen LogP contribution in [0.5, 0.6) is 0 Å². The molecule has 1 aromatic heterocycles. The Morgan fingerprint density at radius 1 is 0.968 bits per heavy atom. The van der Waals surface area contributed by atoms with Gasteiger partial charge < -0.3 is 19.3 Å². The summed E-state index contributed by atoms with van der Waals surface area (Å²) in [4.78, 5) is 40.8. The van der Waals surface area contributed by atoms with Gasteiger partial charge >= 0.3 is 0 Å². The Hall–Kier alpha value is -3.71. The van der Waals surface area contributed by atoms with Gasteiger partial charge in [-0.15, -0.1) is 0 Å². The number of hydrogen-bond acceptors (Lipinski definition) is 5. The van der Waals surface area contributed by atoms with Gasteiger partial charge in [0.1, 0.15) is 12.3 Å². The zero-order valence-corrected chi connectivity index (χ0v) is 16.7. The number of rotatable bonds is 3. The molecule has 0 unspecified atom stereocenters. The molecule has 0 bridgehead atoms. The molecule has 2 aromatic carbocycles. The number of hydrogen-bond donors (Lipinski definition) is 1. The topological polar surface area (TPSA) is 88.8 Å². The van der Waals surface area contributed by atoms with Gasteiger partial charge in [-0.25, -0.2) is 0 Å². The summed E-state index contributed by atoms with van der Waals surface area (Å²) in [7, 11) is 0. The third kappa shape index (κ3) is 3.14. The first-order chi connectivity index (χ1) is 15.1. The highest BCUT2D eigenvalue weighted by Gasteiger charge is 2.33. The second kappa shape index (κ2) is 7.52. The summed E-state index contributed by atoms with van der Waals surface area (Å²) in [5.41, 5.74) is 1.35. The Morgan fingerprint density at radius 3 is 2.39 bits per heavy atom. The number of aliphatic hydroxyl groups excluding tert-OH is 1. The number of aliphatic hydroxyl groups is 1. The second-order valence-corrected chi connectivity index (χ2v) is 7.59. The number of aromatic nitrogens is 1. The number of nitrogens with zero attached hydrogens (tertiary/aromatic N) is 2. The minimum Gasteiger partial charge on any atom is -0.506 e. The van der Waals surface area contributed by atoms with Gasteiger partial charge in [-0.3, -0.25) is 14.4 Å². The fourth-order valence-electron chi connectivity index (χ4n) is 4.25. The third-order valence-electron chi connectivity index (χ3n) is 5.82. The predicted octanol–water partition coefficient (Wildman–Crippen LogP) is 2.48. The van der Waals surface area contributed by atoms with E-state index < -0.39 is 0 Å². The maximum atomic E-state index is 13.1. The van der Waals surface area contributed by atoms with E-state index in [-0.39, 0.29) is 40.7 Å².